The van der Waals surface area contributed by atoms with Crippen LogP contribution in [0, 0.1) is 0 Å². The Morgan fingerprint density at radius 1 is 1.19 bits per heavy atom. The Morgan fingerprint density at radius 2 is 2.00 bits per heavy atom. The summed E-state index contributed by atoms with van der Waals surface area (Å²) >= 11 is 0. The fourth-order valence-corrected chi connectivity index (χ4v) is 1.87. The maximum absolute atomic E-state index is 8.40. The van der Waals surface area contributed by atoms with Crippen LogP contribution in [0.1, 0.15) is 0 Å². The average Bonchev–Trinajstić information content (AvgIpc) is 2.30. The molecule has 1 aliphatic rings. The molecule has 1 aliphatic heterocycles. The van der Waals surface area contributed by atoms with Crippen molar-refractivity contribution in [2.45, 2.75) is 0 Å². The fourth-order valence-electron chi connectivity index (χ4n) is 1.87. The van der Waals surface area contributed by atoms with E-state index in [1.165, 1.54) is 0 Å². The second kappa shape index (κ2) is 3.25. The second-order valence-corrected chi connectivity index (χ2v) is 3.43. The molecule has 0 saturated heterocycles. The Balaban J connectivity index is 2.35. The van der Waals surface area contributed by atoms with Gasteiger partial charge in [0.15, 0.2) is 5.96 Å². The molecule has 1 heterocycles. The van der Waals surface area contributed by atoms with Gasteiger partial charge in [0.25, 0.3) is 0 Å². The molecule has 0 unspecified atom stereocenters. The molecule has 0 aromatic heterocycles. The summed E-state index contributed by atoms with van der Waals surface area (Å²) in [6.07, 6.45) is 0. The first-order chi connectivity index (χ1) is 7.88. The maximum Gasteiger partial charge on any atom is 0.195 e. The van der Waals surface area contributed by atoms with Crippen molar-refractivity contribution in [3.63, 3.8) is 0 Å². The molecule has 0 saturated carbocycles. The number of aliphatic imine (C=N–C) groups is 1. The molecule has 0 radical (unpaired) electrons. The van der Waals surface area contributed by atoms with Crippen LogP contribution in [-0.4, -0.2) is 5.96 Å². The summed E-state index contributed by atoms with van der Waals surface area (Å²) in [5.74, 6) is 0.286. The van der Waals surface area contributed by atoms with Crippen molar-refractivity contribution in [1.29, 1.82) is 0 Å². The summed E-state index contributed by atoms with van der Waals surface area (Å²) in [5.41, 5.74) is 10.1. The van der Waals surface area contributed by atoms with Gasteiger partial charge in [0.1, 0.15) is 0 Å². The summed E-state index contributed by atoms with van der Waals surface area (Å²) < 4.78 is 0. The molecule has 0 spiro atoms. The monoisotopic (exact) mass is 209 g/mol. The molecular formula is C11H7N5. The summed E-state index contributed by atoms with van der Waals surface area (Å²) in [6.45, 7) is 0. The zero-order valence-electron chi connectivity index (χ0n) is 8.25. The van der Waals surface area contributed by atoms with Gasteiger partial charge < -0.3 is 5.32 Å². The van der Waals surface area contributed by atoms with E-state index in [2.05, 4.69) is 20.3 Å². The molecule has 76 valence electrons. The average molecular weight is 209 g/mol. The highest BCUT2D eigenvalue weighted by atomic mass is 15.3. The topological polar surface area (TPSA) is 73.2 Å². The Hall–Kier alpha value is -2.52. The molecule has 5 nitrogen and oxygen atoms in total. The first-order valence-corrected chi connectivity index (χ1v) is 4.81. The summed E-state index contributed by atoms with van der Waals surface area (Å²) in [7, 11) is 0. The summed E-state index contributed by atoms with van der Waals surface area (Å²) in [5, 5.41) is 8.65. The standard InChI is InChI=1S/C11H7N5/c12-16-15-11-13-8-5-1-3-7-4-2-6-9(14-11)10(7)8/h1-6H,(H,13,14). The normalized spacial score (nSPS) is 12.6. The number of anilines is 1. The molecule has 2 aromatic carbocycles. The van der Waals surface area contributed by atoms with Crippen LogP contribution >= 0.6 is 0 Å². The highest BCUT2D eigenvalue weighted by Crippen LogP contribution is 2.35. The fraction of sp³-hybridized carbons (Fsp3) is 0. The van der Waals surface area contributed by atoms with E-state index in [0.29, 0.717) is 0 Å². The van der Waals surface area contributed by atoms with Gasteiger partial charge in [0.05, 0.1) is 5.69 Å². The molecule has 1 N–H and O–H groups in total. The lowest BCUT2D eigenvalue weighted by Crippen LogP contribution is -2.11. The van der Waals surface area contributed by atoms with Crippen LogP contribution in [0.5, 0.6) is 0 Å². The first kappa shape index (κ1) is 8.76. The Kier molecular flexibility index (Phi) is 1.78. The van der Waals surface area contributed by atoms with Crippen LogP contribution in [-0.2, 0) is 0 Å². The number of azide groups is 1. The van der Waals surface area contributed by atoms with Gasteiger partial charge in [-0.1, -0.05) is 24.3 Å². The van der Waals surface area contributed by atoms with E-state index in [1.807, 2.05) is 36.4 Å². The number of nitrogens with one attached hydrogen (secondary N) is 1. The number of guanidine groups is 1. The Bertz CT molecular complexity index is 647. The van der Waals surface area contributed by atoms with Gasteiger partial charge in [-0.25, -0.2) is 4.99 Å². The summed E-state index contributed by atoms with van der Waals surface area (Å²) in [6, 6.07) is 11.8. The van der Waals surface area contributed by atoms with Gasteiger partial charge in [-0.2, -0.15) is 0 Å². The number of nitrogens with zero attached hydrogens (tertiary/aromatic N) is 4. The number of hydrogen-bond acceptors (Lipinski definition) is 3. The zero-order chi connectivity index (χ0) is 11.0. The van der Waals surface area contributed by atoms with Gasteiger partial charge in [0, 0.05) is 16.0 Å². The minimum Gasteiger partial charge on any atom is -0.338 e. The predicted octanol–water partition coefficient (Wildman–Crippen LogP) is 3.56. The van der Waals surface area contributed by atoms with Crippen LogP contribution in [0.3, 0.4) is 0 Å². The molecule has 0 bridgehead atoms. The van der Waals surface area contributed by atoms with E-state index in [1.54, 1.807) is 0 Å². The van der Waals surface area contributed by atoms with E-state index >= 15 is 0 Å². The van der Waals surface area contributed by atoms with Gasteiger partial charge in [-0.05, 0) is 28.2 Å². The lowest BCUT2D eigenvalue weighted by molar-refractivity contribution is 1.41. The lowest BCUT2D eigenvalue weighted by atomic mass is 10.1. The molecule has 0 fully saturated rings. The van der Waals surface area contributed by atoms with Crippen LogP contribution in [0.4, 0.5) is 11.4 Å². The third-order valence-electron chi connectivity index (χ3n) is 2.49. The third kappa shape index (κ3) is 1.20. The minimum absolute atomic E-state index is 0.286. The molecule has 5 heteroatoms. The number of rotatable bonds is 0. The largest absolute Gasteiger partial charge is 0.338 e. The van der Waals surface area contributed by atoms with Crippen molar-refractivity contribution in [3.8, 4) is 0 Å². The van der Waals surface area contributed by atoms with Gasteiger partial charge in [0.2, 0.25) is 0 Å². The van der Waals surface area contributed by atoms with Crippen molar-refractivity contribution < 1.29 is 0 Å². The van der Waals surface area contributed by atoms with E-state index < -0.39 is 0 Å². The Morgan fingerprint density at radius 3 is 2.81 bits per heavy atom. The molecule has 3 rings (SSSR count). The van der Waals surface area contributed by atoms with Crippen molar-refractivity contribution in [2.75, 3.05) is 5.32 Å². The molecular weight excluding hydrogens is 202 g/mol. The van der Waals surface area contributed by atoms with Crippen LogP contribution in [0.15, 0.2) is 46.5 Å². The molecule has 2 aromatic rings. The van der Waals surface area contributed by atoms with Crippen molar-refractivity contribution in [2.24, 2.45) is 10.1 Å². The van der Waals surface area contributed by atoms with Gasteiger partial charge >= 0.3 is 0 Å². The van der Waals surface area contributed by atoms with E-state index in [4.69, 9.17) is 5.53 Å². The van der Waals surface area contributed by atoms with Crippen LogP contribution in [0.2, 0.25) is 0 Å². The van der Waals surface area contributed by atoms with E-state index in [-0.39, 0.29) is 5.96 Å². The number of hydrogen-bond donors (Lipinski definition) is 1. The second-order valence-electron chi connectivity index (χ2n) is 3.43. The maximum atomic E-state index is 8.40. The lowest BCUT2D eigenvalue weighted by Gasteiger charge is -2.15. The zero-order valence-corrected chi connectivity index (χ0v) is 8.25. The highest BCUT2D eigenvalue weighted by molar-refractivity contribution is 6.13. The van der Waals surface area contributed by atoms with Crippen LogP contribution in [0.25, 0.3) is 21.2 Å². The van der Waals surface area contributed by atoms with Gasteiger partial charge in [-0.3, -0.25) is 0 Å². The Labute approximate surface area is 91.1 Å². The quantitative estimate of drug-likeness (QED) is 0.402. The molecule has 0 aliphatic carbocycles. The van der Waals surface area contributed by atoms with E-state index in [9.17, 15) is 0 Å². The van der Waals surface area contributed by atoms with E-state index in [0.717, 1.165) is 22.1 Å². The number of benzene rings is 2. The molecule has 0 amide bonds. The van der Waals surface area contributed by atoms with Gasteiger partial charge in [-0.15, -0.1) is 0 Å². The van der Waals surface area contributed by atoms with Crippen LogP contribution < -0.4 is 5.32 Å². The molecule has 16 heavy (non-hydrogen) atoms. The minimum atomic E-state index is 0.286. The highest BCUT2D eigenvalue weighted by Gasteiger charge is 2.12. The third-order valence-corrected chi connectivity index (χ3v) is 2.49. The first-order valence-electron chi connectivity index (χ1n) is 4.81. The summed E-state index contributed by atoms with van der Waals surface area (Å²) in [4.78, 5) is 6.97. The SMILES string of the molecule is [N-]=[N+]=NC1=Nc2cccc3cccc(c23)N1. The molecule has 0 atom stereocenters. The van der Waals surface area contributed by atoms with Crippen molar-refractivity contribution in [3.05, 3.63) is 46.8 Å². The predicted molar refractivity (Wildman–Crippen MR) is 63.8 cm³/mol. The smallest absolute Gasteiger partial charge is 0.195 e. The van der Waals surface area contributed by atoms with Crippen molar-refractivity contribution in [1.82, 2.24) is 0 Å². The van der Waals surface area contributed by atoms with Crippen molar-refractivity contribution >= 4 is 28.1 Å².